The van der Waals surface area contributed by atoms with Gasteiger partial charge in [-0.2, -0.15) is 0 Å². The summed E-state index contributed by atoms with van der Waals surface area (Å²) in [5, 5.41) is 1.08. The zero-order valence-electron chi connectivity index (χ0n) is 24.1. The molecule has 43 heavy (non-hydrogen) atoms. The summed E-state index contributed by atoms with van der Waals surface area (Å²) in [6.45, 7) is 4.34. The van der Waals surface area contributed by atoms with Gasteiger partial charge in [-0.15, -0.1) is 0 Å². The molecule has 2 nitrogen and oxygen atoms in total. The highest BCUT2D eigenvalue weighted by atomic mass is 14.9. The van der Waals surface area contributed by atoms with E-state index in [9.17, 15) is 0 Å². The highest BCUT2D eigenvalue weighted by molar-refractivity contribution is 5.97. The van der Waals surface area contributed by atoms with Gasteiger partial charge in [-0.25, -0.2) is 9.97 Å². The van der Waals surface area contributed by atoms with Crippen LogP contribution < -0.4 is 0 Å². The van der Waals surface area contributed by atoms with E-state index in [4.69, 9.17) is 9.97 Å². The van der Waals surface area contributed by atoms with Crippen molar-refractivity contribution >= 4 is 10.9 Å². The molecule has 2 aliphatic carbocycles. The number of hydrogen-bond acceptors (Lipinski definition) is 2. The van der Waals surface area contributed by atoms with Gasteiger partial charge in [0.15, 0.2) is 5.82 Å². The highest BCUT2D eigenvalue weighted by Gasteiger charge is 2.51. The molecule has 2 aliphatic rings. The number of aryl methyl sites for hydroxylation is 2. The van der Waals surface area contributed by atoms with Gasteiger partial charge in [-0.3, -0.25) is 0 Å². The van der Waals surface area contributed by atoms with E-state index in [1.54, 1.807) is 0 Å². The van der Waals surface area contributed by atoms with E-state index in [1.807, 2.05) is 0 Å². The Hall–Kier alpha value is -5.34. The van der Waals surface area contributed by atoms with Gasteiger partial charge in [0.2, 0.25) is 0 Å². The van der Waals surface area contributed by atoms with Crippen molar-refractivity contribution in [2.75, 3.05) is 0 Å². The van der Waals surface area contributed by atoms with E-state index in [0.29, 0.717) is 0 Å². The maximum atomic E-state index is 5.29. The predicted molar refractivity (Wildman–Crippen MR) is 176 cm³/mol. The van der Waals surface area contributed by atoms with Crippen LogP contribution in [0, 0.1) is 13.8 Å². The second kappa shape index (κ2) is 8.83. The Balaban J connectivity index is 1.32. The maximum Gasteiger partial charge on any atom is 0.160 e. The second-order valence-corrected chi connectivity index (χ2v) is 11.8. The lowest BCUT2D eigenvalue weighted by Gasteiger charge is -2.30. The Morgan fingerprint density at radius 1 is 0.465 bits per heavy atom. The van der Waals surface area contributed by atoms with Crippen LogP contribution in [0.25, 0.3) is 55.8 Å². The average Bonchev–Trinajstić information content (AvgIpc) is 3.52. The van der Waals surface area contributed by atoms with Gasteiger partial charge in [0.1, 0.15) is 0 Å². The Bertz CT molecular complexity index is 2210. The van der Waals surface area contributed by atoms with E-state index in [0.717, 1.165) is 28.0 Å². The molecule has 0 aliphatic heterocycles. The number of aromatic nitrogens is 2. The number of benzene rings is 6. The van der Waals surface area contributed by atoms with Crippen molar-refractivity contribution in [3.8, 4) is 44.9 Å². The number of fused-ring (bicyclic) bond motifs is 11. The van der Waals surface area contributed by atoms with Gasteiger partial charge in [0.05, 0.1) is 16.6 Å². The monoisotopic (exact) mass is 548 g/mol. The van der Waals surface area contributed by atoms with Crippen LogP contribution in [0.1, 0.15) is 33.4 Å². The van der Waals surface area contributed by atoms with Gasteiger partial charge in [-0.05, 0) is 81.6 Å². The highest BCUT2D eigenvalue weighted by Crippen LogP contribution is 2.62. The average molecular weight is 549 g/mol. The zero-order valence-corrected chi connectivity index (χ0v) is 24.1. The van der Waals surface area contributed by atoms with E-state index < -0.39 is 0 Å². The smallest absolute Gasteiger partial charge is 0.160 e. The van der Waals surface area contributed by atoms with Crippen LogP contribution in [0.3, 0.4) is 0 Å². The SMILES string of the molecule is Cc1cccc(C)c1-c1nc(-c2ccc3c(c2)-c2ccccc2C32c3ccccc3-c3ccccc32)nc2ccccc12. The van der Waals surface area contributed by atoms with Crippen molar-refractivity contribution in [3.63, 3.8) is 0 Å². The molecule has 0 atom stereocenters. The first-order valence-electron chi connectivity index (χ1n) is 14.9. The fourth-order valence-corrected chi connectivity index (χ4v) is 7.82. The van der Waals surface area contributed by atoms with Gasteiger partial charge in [0, 0.05) is 16.5 Å². The molecule has 1 heterocycles. The fourth-order valence-electron chi connectivity index (χ4n) is 7.82. The Kier molecular flexibility index (Phi) is 4.99. The third-order valence-electron chi connectivity index (χ3n) is 9.58. The van der Waals surface area contributed by atoms with Crippen molar-refractivity contribution in [3.05, 3.63) is 167 Å². The van der Waals surface area contributed by atoms with Crippen LogP contribution in [0.5, 0.6) is 0 Å². The second-order valence-electron chi connectivity index (χ2n) is 11.8. The number of rotatable bonds is 2. The molecule has 0 unspecified atom stereocenters. The molecule has 0 saturated heterocycles. The molecule has 6 aromatic carbocycles. The van der Waals surface area contributed by atoms with Crippen molar-refractivity contribution in [1.29, 1.82) is 0 Å². The molecular weight excluding hydrogens is 520 g/mol. The van der Waals surface area contributed by atoms with Gasteiger partial charge >= 0.3 is 0 Å². The normalized spacial score (nSPS) is 13.5. The molecule has 1 spiro atoms. The number of para-hydroxylation sites is 1. The first-order valence-corrected chi connectivity index (χ1v) is 14.9. The molecule has 2 heteroatoms. The summed E-state index contributed by atoms with van der Waals surface area (Å²) < 4.78 is 0. The zero-order chi connectivity index (χ0) is 28.7. The summed E-state index contributed by atoms with van der Waals surface area (Å²) in [6, 6.07) is 48.5. The molecule has 0 amide bonds. The predicted octanol–water partition coefficient (Wildman–Crippen LogP) is 9.92. The Morgan fingerprint density at radius 2 is 1.00 bits per heavy atom. The topological polar surface area (TPSA) is 25.8 Å². The minimum absolute atomic E-state index is 0.342. The van der Waals surface area contributed by atoms with Crippen LogP contribution >= 0.6 is 0 Å². The minimum Gasteiger partial charge on any atom is -0.228 e. The van der Waals surface area contributed by atoms with Gasteiger partial charge in [-0.1, -0.05) is 121 Å². The van der Waals surface area contributed by atoms with E-state index in [2.05, 4.69) is 147 Å². The van der Waals surface area contributed by atoms with Gasteiger partial charge in [0.25, 0.3) is 0 Å². The van der Waals surface area contributed by atoms with Crippen molar-refractivity contribution in [1.82, 2.24) is 9.97 Å². The Morgan fingerprint density at radius 3 is 1.65 bits per heavy atom. The molecule has 0 N–H and O–H groups in total. The third-order valence-corrected chi connectivity index (χ3v) is 9.58. The molecule has 202 valence electrons. The first-order chi connectivity index (χ1) is 21.2. The van der Waals surface area contributed by atoms with Crippen LogP contribution in [-0.4, -0.2) is 9.97 Å². The lowest BCUT2D eigenvalue weighted by Crippen LogP contribution is -2.25. The summed E-state index contributed by atoms with van der Waals surface area (Å²) in [5.74, 6) is 0.754. The third kappa shape index (κ3) is 3.18. The van der Waals surface area contributed by atoms with E-state index in [1.165, 1.54) is 61.2 Å². The maximum absolute atomic E-state index is 5.29. The largest absolute Gasteiger partial charge is 0.228 e. The molecular formula is C41H28N2. The van der Waals surface area contributed by atoms with Gasteiger partial charge < -0.3 is 0 Å². The van der Waals surface area contributed by atoms with Crippen LogP contribution in [0.2, 0.25) is 0 Å². The lowest BCUT2D eigenvalue weighted by atomic mass is 9.70. The molecule has 0 fully saturated rings. The summed E-state index contributed by atoms with van der Waals surface area (Å²) in [5.41, 5.74) is 16.8. The van der Waals surface area contributed by atoms with Crippen molar-refractivity contribution in [2.24, 2.45) is 0 Å². The first kappa shape index (κ1) is 24.3. The quantitative estimate of drug-likeness (QED) is 0.215. The molecule has 0 bridgehead atoms. The van der Waals surface area contributed by atoms with Crippen LogP contribution in [-0.2, 0) is 5.41 Å². The fraction of sp³-hybridized carbons (Fsp3) is 0.0732. The molecule has 9 rings (SSSR count). The molecule has 7 aromatic rings. The summed E-state index contributed by atoms with van der Waals surface area (Å²) >= 11 is 0. The number of nitrogens with zero attached hydrogens (tertiary/aromatic N) is 2. The minimum atomic E-state index is -0.342. The van der Waals surface area contributed by atoms with Crippen molar-refractivity contribution in [2.45, 2.75) is 19.3 Å². The number of hydrogen-bond donors (Lipinski definition) is 0. The molecule has 0 radical (unpaired) electrons. The summed E-state index contributed by atoms with van der Waals surface area (Å²) in [6.07, 6.45) is 0. The summed E-state index contributed by atoms with van der Waals surface area (Å²) in [4.78, 5) is 10.4. The van der Waals surface area contributed by atoms with E-state index in [-0.39, 0.29) is 5.41 Å². The molecule has 1 aromatic heterocycles. The Labute approximate surface area is 251 Å². The lowest BCUT2D eigenvalue weighted by molar-refractivity contribution is 0.794. The molecule has 0 saturated carbocycles. The van der Waals surface area contributed by atoms with Crippen LogP contribution in [0.15, 0.2) is 133 Å². The standard InChI is InChI=1S/C41H28N2/c1-25-12-11-13-26(2)38(25)39-31-17-6-10-21-37(31)42-40(43-39)27-22-23-36-32(24-27)30-16-5-9-20-35(30)41(36)33-18-7-3-14-28(33)29-15-4-8-19-34(29)41/h3-24H,1-2H3. The van der Waals surface area contributed by atoms with Crippen molar-refractivity contribution < 1.29 is 0 Å². The van der Waals surface area contributed by atoms with Crippen LogP contribution in [0.4, 0.5) is 0 Å². The van der Waals surface area contributed by atoms with E-state index >= 15 is 0 Å². The summed E-state index contributed by atoms with van der Waals surface area (Å²) in [7, 11) is 0.